The molecule has 0 unspecified atom stereocenters. The lowest BCUT2D eigenvalue weighted by molar-refractivity contribution is -0.929. The first-order valence-corrected chi connectivity index (χ1v) is 14.7. The van der Waals surface area contributed by atoms with E-state index in [0.717, 1.165) is 13.1 Å². The Hall–Kier alpha value is -1.49. The Balaban J connectivity index is 0.000000351. The number of hydrogen-bond acceptors (Lipinski definition) is 2. The fraction of sp³-hybridized carbons (Fsp3) is 0.581. The summed E-state index contributed by atoms with van der Waals surface area (Å²) in [6.45, 7) is 16.5. The summed E-state index contributed by atoms with van der Waals surface area (Å²) in [7, 11) is 0. The molecule has 0 heterocycles. The molecule has 0 saturated carbocycles. The third kappa shape index (κ3) is 14.0. The van der Waals surface area contributed by atoms with Crippen molar-refractivity contribution in [3.05, 3.63) is 71.8 Å². The number of rotatable bonds is 16. The zero-order chi connectivity index (χ0) is 25.8. The van der Waals surface area contributed by atoms with Gasteiger partial charge in [0, 0.05) is 13.1 Å². The SMILES string of the molecule is CCCC[N+](CCCC)(CCCC)CCCC.S=C([S-])N(Cc1ccccc1)Cc1ccccc1. The highest BCUT2D eigenvalue weighted by atomic mass is 32.1. The van der Waals surface area contributed by atoms with Crippen molar-refractivity contribution in [1.82, 2.24) is 4.90 Å². The number of unbranched alkanes of at least 4 members (excludes halogenated alkanes) is 4. The Kier molecular flexibility index (Phi) is 17.7. The molecule has 0 radical (unpaired) electrons. The van der Waals surface area contributed by atoms with E-state index in [9.17, 15) is 0 Å². The Labute approximate surface area is 228 Å². The molecular formula is C31H50N2S2. The van der Waals surface area contributed by atoms with Crippen molar-refractivity contribution in [1.29, 1.82) is 0 Å². The third-order valence-electron chi connectivity index (χ3n) is 6.63. The molecule has 4 heteroatoms. The molecule has 0 spiro atoms. The van der Waals surface area contributed by atoms with Crippen molar-refractivity contribution < 1.29 is 4.48 Å². The maximum absolute atomic E-state index is 5.16. The summed E-state index contributed by atoms with van der Waals surface area (Å²) in [5.41, 5.74) is 2.45. The molecule has 0 aromatic heterocycles. The molecule has 0 amide bonds. The highest BCUT2D eigenvalue weighted by Crippen LogP contribution is 2.16. The van der Waals surface area contributed by atoms with Gasteiger partial charge in [-0.2, -0.15) is 0 Å². The quantitative estimate of drug-likeness (QED) is 0.125. The topological polar surface area (TPSA) is 3.24 Å². The third-order valence-corrected chi connectivity index (χ3v) is 7.15. The van der Waals surface area contributed by atoms with Gasteiger partial charge < -0.3 is 34.2 Å². The molecule has 2 nitrogen and oxygen atoms in total. The van der Waals surface area contributed by atoms with Crippen LogP contribution in [0.4, 0.5) is 0 Å². The van der Waals surface area contributed by atoms with Gasteiger partial charge in [0.1, 0.15) is 0 Å². The van der Waals surface area contributed by atoms with Gasteiger partial charge in [-0.1, -0.05) is 118 Å². The first kappa shape index (κ1) is 31.5. The molecule has 0 bridgehead atoms. The van der Waals surface area contributed by atoms with Crippen molar-refractivity contribution in [2.45, 2.75) is 92.2 Å². The molecule has 0 N–H and O–H groups in total. The van der Waals surface area contributed by atoms with Crippen molar-refractivity contribution >= 4 is 29.2 Å². The van der Waals surface area contributed by atoms with Crippen LogP contribution >= 0.6 is 12.2 Å². The van der Waals surface area contributed by atoms with E-state index in [1.165, 1.54) is 93.2 Å². The van der Waals surface area contributed by atoms with Gasteiger partial charge in [-0.3, -0.25) is 0 Å². The van der Waals surface area contributed by atoms with E-state index < -0.39 is 0 Å². The Morgan fingerprint density at radius 3 is 1.20 bits per heavy atom. The lowest BCUT2D eigenvalue weighted by Crippen LogP contribution is -2.50. The minimum atomic E-state index is 0.516. The molecule has 0 aliphatic carbocycles. The lowest BCUT2D eigenvalue weighted by Gasteiger charge is -2.39. The standard InChI is InChI=1S/C16H36N.C15H15NS2/c1-5-9-13-17(14-10-6-2,15-11-7-3)16-12-8-4;17-15(18)16(11-13-7-3-1-4-8-13)12-14-9-5-2-6-10-14/h5-16H2,1-4H3;1-10H,11-12H2,(H,17,18)/q+1;/p-1. The molecular weight excluding hydrogens is 464 g/mol. The minimum Gasteiger partial charge on any atom is -0.411 e. The largest absolute Gasteiger partial charge is 0.411 e. The van der Waals surface area contributed by atoms with E-state index in [1.807, 2.05) is 41.3 Å². The van der Waals surface area contributed by atoms with E-state index in [4.69, 9.17) is 24.8 Å². The maximum Gasteiger partial charge on any atom is 0.0786 e. The predicted octanol–water partition coefficient (Wildman–Crippen LogP) is 8.52. The van der Waals surface area contributed by atoms with E-state index in [1.54, 1.807) is 0 Å². The van der Waals surface area contributed by atoms with Crippen molar-refractivity contribution in [2.24, 2.45) is 0 Å². The summed E-state index contributed by atoms with van der Waals surface area (Å²) in [5, 5.41) is 0. The van der Waals surface area contributed by atoms with Crippen LogP contribution in [0.3, 0.4) is 0 Å². The number of nitrogens with zero attached hydrogens (tertiary/aromatic N) is 2. The highest BCUT2D eigenvalue weighted by molar-refractivity contribution is 8.00. The second-order valence-electron chi connectivity index (χ2n) is 9.74. The molecule has 2 rings (SSSR count). The van der Waals surface area contributed by atoms with E-state index >= 15 is 0 Å². The van der Waals surface area contributed by atoms with E-state index in [0.29, 0.717) is 4.32 Å². The average molecular weight is 515 g/mol. The van der Waals surface area contributed by atoms with Gasteiger partial charge in [0.05, 0.1) is 26.2 Å². The average Bonchev–Trinajstić information content (AvgIpc) is 2.89. The van der Waals surface area contributed by atoms with Gasteiger partial charge in [0.25, 0.3) is 0 Å². The van der Waals surface area contributed by atoms with Crippen LogP contribution in [0.25, 0.3) is 0 Å². The number of thiocarbonyl (C=S) groups is 1. The molecule has 0 atom stereocenters. The van der Waals surface area contributed by atoms with Crippen molar-refractivity contribution in [3.8, 4) is 0 Å². The number of benzene rings is 2. The van der Waals surface area contributed by atoms with Crippen molar-refractivity contribution in [3.63, 3.8) is 0 Å². The molecule has 0 saturated heterocycles. The normalized spacial score (nSPS) is 11.0. The van der Waals surface area contributed by atoms with Crippen LogP contribution in [0.1, 0.15) is 90.2 Å². The van der Waals surface area contributed by atoms with Crippen molar-refractivity contribution in [2.75, 3.05) is 26.2 Å². The number of quaternary nitrogens is 1. The monoisotopic (exact) mass is 514 g/mol. The summed E-state index contributed by atoms with van der Waals surface area (Å²) in [4.78, 5) is 2.04. The fourth-order valence-electron chi connectivity index (χ4n) is 4.44. The summed E-state index contributed by atoms with van der Waals surface area (Å²) in [6.07, 6.45) is 11.1. The van der Waals surface area contributed by atoms with Crippen LogP contribution in [0, 0.1) is 0 Å². The van der Waals surface area contributed by atoms with Crippen LogP contribution < -0.4 is 0 Å². The summed E-state index contributed by atoms with van der Waals surface area (Å²) < 4.78 is 1.94. The predicted molar refractivity (Wildman–Crippen MR) is 161 cm³/mol. The van der Waals surface area contributed by atoms with Gasteiger partial charge in [0.2, 0.25) is 0 Å². The van der Waals surface area contributed by atoms with Gasteiger partial charge in [-0.25, -0.2) is 0 Å². The molecule has 0 aliphatic rings. The fourth-order valence-corrected chi connectivity index (χ4v) is 4.70. The van der Waals surface area contributed by atoms with Crippen LogP contribution in [-0.4, -0.2) is 39.9 Å². The molecule has 2 aromatic carbocycles. The Morgan fingerprint density at radius 2 is 0.943 bits per heavy atom. The Bertz CT molecular complexity index is 685. The summed E-state index contributed by atoms with van der Waals surface area (Å²) >= 11 is 10.3. The molecule has 0 fully saturated rings. The molecule has 2 aromatic rings. The molecule has 196 valence electrons. The maximum atomic E-state index is 5.16. The minimum absolute atomic E-state index is 0.516. The lowest BCUT2D eigenvalue weighted by atomic mass is 10.1. The first-order valence-electron chi connectivity index (χ1n) is 13.9. The molecule has 35 heavy (non-hydrogen) atoms. The van der Waals surface area contributed by atoms with E-state index in [-0.39, 0.29) is 0 Å². The first-order chi connectivity index (χ1) is 17.0. The summed E-state index contributed by atoms with van der Waals surface area (Å²) in [6, 6.07) is 20.5. The van der Waals surface area contributed by atoms with Gasteiger partial charge >= 0.3 is 0 Å². The van der Waals surface area contributed by atoms with Crippen LogP contribution in [0.2, 0.25) is 0 Å². The Morgan fingerprint density at radius 1 is 0.629 bits per heavy atom. The summed E-state index contributed by atoms with van der Waals surface area (Å²) in [5.74, 6) is 0. The van der Waals surface area contributed by atoms with Gasteiger partial charge in [-0.05, 0) is 36.8 Å². The molecule has 0 aliphatic heterocycles. The van der Waals surface area contributed by atoms with Crippen LogP contribution in [0.5, 0.6) is 0 Å². The second kappa shape index (κ2) is 19.7. The van der Waals surface area contributed by atoms with E-state index in [2.05, 4.69) is 52.0 Å². The zero-order valence-corrected chi connectivity index (χ0v) is 24.5. The highest BCUT2D eigenvalue weighted by Gasteiger charge is 2.24. The van der Waals surface area contributed by atoms with Gasteiger partial charge in [-0.15, -0.1) is 0 Å². The zero-order valence-electron chi connectivity index (χ0n) is 22.9. The second-order valence-corrected chi connectivity index (χ2v) is 10.8. The van der Waals surface area contributed by atoms with Crippen LogP contribution in [0.15, 0.2) is 60.7 Å². The smallest absolute Gasteiger partial charge is 0.0786 e. The van der Waals surface area contributed by atoms with Crippen LogP contribution in [-0.2, 0) is 25.7 Å². The van der Waals surface area contributed by atoms with Gasteiger partial charge in [0.15, 0.2) is 0 Å². The number of hydrogen-bond donors (Lipinski definition) is 0.